The van der Waals surface area contributed by atoms with Gasteiger partial charge in [0.2, 0.25) is 11.8 Å². The Labute approximate surface area is 150 Å². The molecule has 2 aromatic rings. The van der Waals surface area contributed by atoms with Crippen molar-refractivity contribution in [3.8, 4) is 0 Å². The van der Waals surface area contributed by atoms with Gasteiger partial charge in [0.25, 0.3) is 5.69 Å². The van der Waals surface area contributed by atoms with Crippen molar-refractivity contribution in [2.45, 2.75) is 12.8 Å². The first kappa shape index (κ1) is 18.8. The van der Waals surface area contributed by atoms with Crippen molar-refractivity contribution in [3.05, 3.63) is 75.8 Å². The molecule has 2 aromatic carbocycles. The Balaban J connectivity index is 1.68. The first-order valence-electron chi connectivity index (χ1n) is 7.91. The lowest BCUT2D eigenvalue weighted by molar-refractivity contribution is -0.384. The van der Waals surface area contributed by atoms with E-state index in [4.69, 9.17) is 0 Å². The Bertz CT molecular complexity index is 789. The Hall–Kier alpha value is -3.55. The van der Waals surface area contributed by atoms with Crippen LogP contribution in [0.15, 0.2) is 59.7 Å². The summed E-state index contributed by atoms with van der Waals surface area (Å²) >= 11 is 0. The van der Waals surface area contributed by atoms with Crippen molar-refractivity contribution in [1.82, 2.24) is 10.7 Å². The van der Waals surface area contributed by atoms with Gasteiger partial charge in [0.1, 0.15) is 6.42 Å². The molecule has 0 spiro atoms. The van der Waals surface area contributed by atoms with E-state index in [9.17, 15) is 19.7 Å². The van der Waals surface area contributed by atoms with Crippen molar-refractivity contribution < 1.29 is 14.5 Å². The predicted molar refractivity (Wildman–Crippen MR) is 96.6 cm³/mol. The van der Waals surface area contributed by atoms with Crippen LogP contribution in [0, 0.1) is 10.1 Å². The maximum Gasteiger partial charge on any atom is 0.269 e. The van der Waals surface area contributed by atoms with Gasteiger partial charge in [0.15, 0.2) is 0 Å². The zero-order valence-corrected chi connectivity index (χ0v) is 13.9. The van der Waals surface area contributed by atoms with Gasteiger partial charge in [-0.15, -0.1) is 0 Å². The molecule has 0 aliphatic rings. The number of carbonyl (C=O) groups is 2. The van der Waals surface area contributed by atoms with Crippen LogP contribution in [-0.4, -0.2) is 29.5 Å². The lowest BCUT2D eigenvalue weighted by Gasteiger charge is -2.04. The second-order valence-electron chi connectivity index (χ2n) is 5.40. The number of hydrazone groups is 1. The molecule has 0 aliphatic carbocycles. The lowest BCUT2D eigenvalue weighted by Crippen LogP contribution is -2.31. The van der Waals surface area contributed by atoms with Crippen molar-refractivity contribution in [3.63, 3.8) is 0 Å². The van der Waals surface area contributed by atoms with Crippen LogP contribution in [-0.2, 0) is 16.0 Å². The summed E-state index contributed by atoms with van der Waals surface area (Å²) < 4.78 is 0. The summed E-state index contributed by atoms with van der Waals surface area (Å²) in [5, 5.41) is 16.9. The van der Waals surface area contributed by atoms with Crippen molar-refractivity contribution in [2.24, 2.45) is 5.10 Å². The molecule has 0 heterocycles. The Kier molecular flexibility index (Phi) is 6.99. The fraction of sp³-hybridized carbons (Fsp3) is 0.167. The highest BCUT2D eigenvalue weighted by Crippen LogP contribution is 2.10. The summed E-state index contributed by atoms with van der Waals surface area (Å²) in [5.41, 5.74) is 3.90. The number of rotatable bonds is 8. The highest BCUT2D eigenvalue weighted by Gasteiger charge is 2.08. The van der Waals surface area contributed by atoms with E-state index in [0.717, 1.165) is 5.56 Å². The molecule has 26 heavy (non-hydrogen) atoms. The average Bonchev–Trinajstić information content (AvgIpc) is 2.63. The van der Waals surface area contributed by atoms with E-state index in [-0.39, 0.29) is 18.0 Å². The van der Waals surface area contributed by atoms with E-state index in [1.54, 1.807) is 0 Å². The molecule has 0 unspecified atom stereocenters. The maximum atomic E-state index is 11.7. The van der Waals surface area contributed by atoms with Gasteiger partial charge in [0, 0.05) is 18.7 Å². The van der Waals surface area contributed by atoms with E-state index < -0.39 is 10.8 Å². The number of benzene rings is 2. The number of amides is 2. The second kappa shape index (κ2) is 9.67. The first-order chi connectivity index (χ1) is 12.5. The molecule has 2 amide bonds. The molecule has 0 saturated carbocycles. The topological polar surface area (TPSA) is 114 Å². The average molecular weight is 354 g/mol. The SMILES string of the molecule is O=C(CC(=O)N/N=C\c1ccc([N+](=O)[O-])cc1)NCCc1ccccc1. The summed E-state index contributed by atoms with van der Waals surface area (Å²) in [6.45, 7) is 0.447. The highest BCUT2D eigenvalue weighted by atomic mass is 16.6. The first-order valence-corrected chi connectivity index (χ1v) is 7.91. The van der Waals surface area contributed by atoms with E-state index in [0.29, 0.717) is 18.5 Å². The molecule has 0 radical (unpaired) electrons. The van der Waals surface area contributed by atoms with Crippen LogP contribution >= 0.6 is 0 Å². The number of nitrogens with one attached hydrogen (secondary N) is 2. The minimum absolute atomic E-state index is 0.0293. The number of nitro benzene ring substituents is 1. The standard InChI is InChI=1S/C18H18N4O4/c23-17(19-11-10-14-4-2-1-3-5-14)12-18(24)21-20-13-15-6-8-16(9-7-15)22(25)26/h1-9,13H,10-12H2,(H,19,23)(H,21,24)/b20-13-. The molecule has 8 nitrogen and oxygen atoms in total. The molecule has 0 saturated heterocycles. The van der Waals surface area contributed by atoms with Gasteiger partial charge in [-0.05, 0) is 29.7 Å². The van der Waals surface area contributed by atoms with Crippen LogP contribution in [0.5, 0.6) is 0 Å². The van der Waals surface area contributed by atoms with E-state index >= 15 is 0 Å². The van der Waals surface area contributed by atoms with Crippen LogP contribution in [0.1, 0.15) is 17.5 Å². The van der Waals surface area contributed by atoms with Crippen molar-refractivity contribution in [2.75, 3.05) is 6.54 Å². The molecular weight excluding hydrogens is 336 g/mol. The van der Waals surface area contributed by atoms with E-state index in [1.165, 1.54) is 30.5 Å². The van der Waals surface area contributed by atoms with Gasteiger partial charge in [-0.3, -0.25) is 19.7 Å². The molecule has 2 rings (SSSR count). The fourth-order valence-electron chi connectivity index (χ4n) is 2.10. The highest BCUT2D eigenvalue weighted by molar-refractivity contribution is 5.97. The number of hydrogen-bond acceptors (Lipinski definition) is 5. The van der Waals surface area contributed by atoms with Gasteiger partial charge in [-0.25, -0.2) is 5.43 Å². The molecule has 0 aliphatic heterocycles. The molecule has 0 atom stereocenters. The summed E-state index contributed by atoms with van der Waals surface area (Å²) in [7, 11) is 0. The summed E-state index contributed by atoms with van der Waals surface area (Å²) in [6.07, 6.45) is 1.70. The minimum Gasteiger partial charge on any atom is -0.355 e. The fourth-order valence-corrected chi connectivity index (χ4v) is 2.10. The third kappa shape index (κ3) is 6.52. The van der Waals surface area contributed by atoms with Crippen molar-refractivity contribution >= 4 is 23.7 Å². The molecule has 0 bridgehead atoms. The Morgan fingerprint density at radius 1 is 1.04 bits per heavy atom. The second-order valence-corrected chi connectivity index (χ2v) is 5.40. The monoisotopic (exact) mass is 354 g/mol. The summed E-state index contributed by atoms with van der Waals surface area (Å²) in [5.74, 6) is -0.927. The van der Waals surface area contributed by atoms with Crippen LogP contribution in [0.25, 0.3) is 0 Å². The molecule has 0 fully saturated rings. The van der Waals surface area contributed by atoms with Gasteiger partial charge >= 0.3 is 0 Å². The van der Waals surface area contributed by atoms with Gasteiger partial charge < -0.3 is 5.32 Å². The molecule has 2 N–H and O–H groups in total. The zero-order valence-electron chi connectivity index (χ0n) is 13.9. The Morgan fingerprint density at radius 2 is 1.73 bits per heavy atom. The quantitative estimate of drug-likeness (QED) is 0.325. The number of carbonyl (C=O) groups excluding carboxylic acids is 2. The number of nitro groups is 1. The van der Waals surface area contributed by atoms with Crippen LogP contribution < -0.4 is 10.7 Å². The number of nitrogens with zero attached hydrogens (tertiary/aromatic N) is 2. The van der Waals surface area contributed by atoms with Gasteiger partial charge in [-0.1, -0.05) is 30.3 Å². The molecule has 134 valence electrons. The lowest BCUT2D eigenvalue weighted by atomic mass is 10.1. The molecular formula is C18H18N4O4. The van der Waals surface area contributed by atoms with Crippen LogP contribution in [0.2, 0.25) is 0 Å². The maximum absolute atomic E-state index is 11.7. The van der Waals surface area contributed by atoms with Crippen LogP contribution in [0.4, 0.5) is 5.69 Å². The summed E-state index contributed by atoms with van der Waals surface area (Å²) in [4.78, 5) is 33.4. The third-order valence-corrected chi connectivity index (χ3v) is 3.41. The third-order valence-electron chi connectivity index (χ3n) is 3.41. The largest absolute Gasteiger partial charge is 0.355 e. The number of non-ortho nitro benzene ring substituents is 1. The van der Waals surface area contributed by atoms with Gasteiger partial charge in [0.05, 0.1) is 11.1 Å². The summed E-state index contributed by atoms with van der Waals surface area (Å²) in [6, 6.07) is 15.4. The Morgan fingerprint density at radius 3 is 2.38 bits per heavy atom. The van der Waals surface area contributed by atoms with E-state index in [2.05, 4.69) is 15.8 Å². The van der Waals surface area contributed by atoms with Gasteiger partial charge in [-0.2, -0.15) is 5.10 Å². The zero-order chi connectivity index (χ0) is 18.8. The molecule has 8 heteroatoms. The molecule has 0 aromatic heterocycles. The van der Waals surface area contributed by atoms with Crippen LogP contribution in [0.3, 0.4) is 0 Å². The predicted octanol–water partition coefficient (Wildman–Crippen LogP) is 1.79. The smallest absolute Gasteiger partial charge is 0.269 e. The minimum atomic E-state index is -0.541. The number of hydrogen-bond donors (Lipinski definition) is 2. The van der Waals surface area contributed by atoms with E-state index in [1.807, 2.05) is 30.3 Å². The van der Waals surface area contributed by atoms with Crippen molar-refractivity contribution in [1.29, 1.82) is 0 Å². The normalized spacial score (nSPS) is 10.5.